The maximum atomic E-state index is 13.5. The van der Waals surface area contributed by atoms with Gasteiger partial charge in [0.1, 0.15) is 12.3 Å². The van der Waals surface area contributed by atoms with Crippen molar-refractivity contribution < 1.29 is 32.6 Å². The molecule has 0 unspecified atom stereocenters. The van der Waals surface area contributed by atoms with Crippen molar-refractivity contribution in [3.8, 4) is 5.75 Å². The molecule has 0 bridgehead atoms. The molecular formula is C24H26F3N3O4. The van der Waals surface area contributed by atoms with Crippen molar-refractivity contribution in [2.45, 2.75) is 52.1 Å². The molecule has 7 nitrogen and oxygen atoms in total. The Kier molecular flexibility index (Phi) is 7.80. The lowest BCUT2D eigenvalue weighted by Gasteiger charge is -2.22. The summed E-state index contributed by atoms with van der Waals surface area (Å²) in [6, 6.07) is 13.3. The number of benzene rings is 2. The number of amides is 1. The number of aliphatic carboxylic acids is 1. The fourth-order valence-electron chi connectivity index (χ4n) is 3.67. The molecule has 3 aromatic rings. The van der Waals surface area contributed by atoms with E-state index >= 15 is 0 Å². The van der Waals surface area contributed by atoms with E-state index in [-0.39, 0.29) is 37.6 Å². The fraction of sp³-hybridized carbons (Fsp3) is 0.375. The van der Waals surface area contributed by atoms with E-state index < -0.39 is 30.4 Å². The topological polar surface area (TPSA) is 84.7 Å². The van der Waals surface area contributed by atoms with E-state index in [0.717, 1.165) is 4.57 Å². The van der Waals surface area contributed by atoms with Crippen molar-refractivity contribution >= 4 is 22.9 Å². The quantitative estimate of drug-likeness (QED) is 0.456. The van der Waals surface area contributed by atoms with Gasteiger partial charge in [-0.05, 0) is 50.1 Å². The zero-order valence-corrected chi connectivity index (χ0v) is 18.9. The van der Waals surface area contributed by atoms with Gasteiger partial charge in [0.15, 0.2) is 0 Å². The Bertz CT molecular complexity index is 1160. The number of alkyl halides is 3. The van der Waals surface area contributed by atoms with Crippen LogP contribution in [-0.4, -0.2) is 44.1 Å². The maximum Gasteiger partial charge on any atom is 0.449 e. The number of fused-ring (bicyclic) bond motifs is 1. The van der Waals surface area contributed by atoms with E-state index in [1.54, 1.807) is 42.5 Å². The van der Waals surface area contributed by atoms with Gasteiger partial charge in [-0.2, -0.15) is 13.2 Å². The van der Waals surface area contributed by atoms with Gasteiger partial charge < -0.3 is 19.3 Å². The lowest BCUT2D eigenvalue weighted by atomic mass is 10.1. The lowest BCUT2D eigenvalue weighted by Crippen LogP contribution is -2.35. The number of ether oxygens (including phenoxy) is 1. The maximum absolute atomic E-state index is 13.5. The number of para-hydroxylation sites is 2. The molecular weight excluding hydrogens is 451 g/mol. The molecule has 0 saturated carbocycles. The summed E-state index contributed by atoms with van der Waals surface area (Å²) < 4.78 is 47.1. The number of carbonyl (C=O) groups excluding carboxylic acids is 1. The summed E-state index contributed by atoms with van der Waals surface area (Å²) in [4.78, 5) is 29.0. The van der Waals surface area contributed by atoms with Crippen molar-refractivity contribution in [1.29, 1.82) is 0 Å². The Labute approximate surface area is 194 Å². The number of hydrogen-bond acceptors (Lipinski definition) is 4. The van der Waals surface area contributed by atoms with Gasteiger partial charge in [0.2, 0.25) is 11.7 Å². The summed E-state index contributed by atoms with van der Waals surface area (Å²) in [6.07, 6.45) is -4.71. The zero-order valence-electron chi connectivity index (χ0n) is 18.9. The number of aryl methyl sites for hydroxylation is 1. The highest BCUT2D eigenvalue weighted by Crippen LogP contribution is 2.31. The molecule has 0 spiro atoms. The minimum Gasteiger partial charge on any atom is -0.491 e. The molecule has 1 heterocycles. The molecule has 2 aromatic carbocycles. The van der Waals surface area contributed by atoms with Crippen LogP contribution in [0.4, 0.5) is 13.2 Å². The second kappa shape index (κ2) is 10.6. The minimum absolute atomic E-state index is 0.0439. The number of rotatable bonds is 10. The van der Waals surface area contributed by atoms with Crippen LogP contribution in [0.2, 0.25) is 0 Å². The number of imidazole rings is 1. The molecule has 34 heavy (non-hydrogen) atoms. The average molecular weight is 477 g/mol. The van der Waals surface area contributed by atoms with E-state index in [9.17, 15) is 27.9 Å². The van der Waals surface area contributed by atoms with Crippen molar-refractivity contribution in [2.75, 3.05) is 6.54 Å². The third kappa shape index (κ3) is 6.49. The normalized spacial score (nSPS) is 11.7. The monoisotopic (exact) mass is 477 g/mol. The first-order chi connectivity index (χ1) is 16.0. The summed E-state index contributed by atoms with van der Waals surface area (Å²) in [5.74, 6) is -2.06. The highest BCUT2D eigenvalue weighted by Gasteiger charge is 2.37. The summed E-state index contributed by atoms with van der Waals surface area (Å²) in [6.45, 7) is 3.19. The van der Waals surface area contributed by atoms with E-state index in [1.807, 2.05) is 13.8 Å². The van der Waals surface area contributed by atoms with Crippen LogP contribution in [0.1, 0.15) is 38.1 Å². The molecule has 1 amide bonds. The zero-order chi connectivity index (χ0) is 24.9. The molecule has 0 aliphatic heterocycles. The van der Waals surface area contributed by atoms with Crippen LogP contribution in [0.3, 0.4) is 0 Å². The van der Waals surface area contributed by atoms with Gasteiger partial charge in [0.05, 0.1) is 17.1 Å². The largest absolute Gasteiger partial charge is 0.491 e. The number of halogens is 3. The Morgan fingerprint density at radius 3 is 2.56 bits per heavy atom. The van der Waals surface area contributed by atoms with Crippen LogP contribution in [0.25, 0.3) is 11.0 Å². The summed E-state index contributed by atoms with van der Waals surface area (Å²) in [7, 11) is 0. The molecule has 0 atom stereocenters. The average Bonchev–Trinajstić information content (AvgIpc) is 3.12. The van der Waals surface area contributed by atoms with E-state index in [4.69, 9.17) is 4.74 Å². The molecule has 10 heteroatoms. The van der Waals surface area contributed by atoms with Crippen LogP contribution in [-0.2, 0) is 28.9 Å². The summed E-state index contributed by atoms with van der Waals surface area (Å²) in [5, 5.41) is 9.25. The number of aromatic nitrogens is 2. The van der Waals surface area contributed by atoms with E-state index in [0.29, 0.717) is 16.8 Å². The highest BCUT2D eigenvalue weighted by atomic mass is 19.4. The molecule has 1 aromatic heterocycles. The molecule has 3 rings (SSSR count). The van der Waals surface area contributed by atoms with Crippen molar-refractivity contribution in [1.82, 2.24) is 14.5 Å². The number of nitrogens with zero attached hydrogens (tertiary/aromatic N) is 3. The van der Waals surface area contributed by atoms with Crippen LogP contribution in [0, 0.1) is 0 Å². The first-order valence-corrected chi connectivity index (χ1v) is 10.8. The Hall–Kier alpha value is -3.56. The minimum atomic E-state index is -4.64. The molecule has 1 N–H and O–H groups in total. The van der Waals surface area contributed by atoms with Crippen LogP contribution < -0.4 is 4.74 Å². The standard InChI is InChI=1S/C24H26F3N3O4/c1-16(2)34-18-8-5-7-17(13-18)14-29(15-22(32)33)21(31)11-6-12-30-20-10-4-3-9-19(20)28-23(30)24(25,26)27/h3-5,7-10,13,16H,6,11-12,14-15H2,1-2H3,(H,32,33). The van der Waals surface area contributed by atoms with Gasteiger partial charge in [-0.25, -0.2) is 4.98 Å². The van der Waals surface area contributed by atoms with Crippen molar-refractivity contribution in [3.05, 3.63) is 59.9 Å². The molecule has 0 aliphatic carbocycles. The lowest BCUT2D eigenvalue weighted by molar-refractivity contribution is -0.147. The van der Waals surface area contributed by atoms with Crippen molar-refractivity contribution in [2.24, 2.45) is 0 Å². The van der Waals surface area contributed by atoms with Gasteiger partial charge in [-0.3, -0.25) is 9.59 Å². The number of hydrogen-bond donors (Lipinski definition) is 1. The SMILES string of the molecule is CC(C)Oc1cccc(CN(CC(=O)O)C(=O)CCCn2c(C(F)(F)F)nc3ccccc32)c1. The molecule has 182 valence electrons. The third-order valence-electron chi connectivity index (χ3n) is 5.00. The van der Waals surface area contributed by atoms with Gasteiger partial charge in [-0.15, -0.1) is 0 Å². The Morgan fingerprint density at radius 2 is 1.88 bits per heavy atom. The van der Waals surface area contributed by atoms with Crippen LogP contribution >= 0.6 is 0 Å². The van der Waals surface area contributed by atoms with Gasteiger partial charge in [0.25, 0.3) is 0 Å². The Morgan fingerprint density at radius 1 is 1.15 bits per heavy atom. The van der Waals surface area contributed by atoms with E-state index in [1.165, 1.54) is 11.0 Å². The summed E-state index contributed by atoms with van der Waals surface area (Å²) in [5.41, 5.74) is 1.23. The summed E-state index contributed by atoms with van der Waals surface area (Å²) >= 11 is 0. The smallest absolute Gasteiger partial charge is 0.449 e. The van der Waals surface area contributed by atoms with E-state index in [2.05, 4.69) is 4.98 Å². The third-order valence-corrected chi connectivity index (χ3v) is 5.00. The number of carboxylic acids is 1. The molecule has 0 aliphatic rings. The number of carboxylic acid groups (broad SMARTS) is 1. The second-order valence-electron chi connectivity index (χ2n) is 8.13. The van der Waals surface area contributed by atoms with Crippen LogP contribution in [0.5, 0.6) is 5.75 Å². The number of carbonyl (C=O) groups is 2. The fourth-order valence-corrected chi connectivity index (χ4v) is 3.67. The van der Waals surface area contributed by atoms with Crippen LogP contribution in [0.15, 0.2) is 48.5 Å². The Balaban J connectivity index is 1.71. The highest BCUT2D eigenvalue weighted by molar-refractivity contribution is 5.81. The first-order valence-electron chi connectivity index (χ1n) is 10.8. The predicted molar refractivity (Wildman–Crippen MR) is 119 cm³/mol. The van der Waals surface area contributed by atoms with Gasteiger partial charge in [0, 0.05) is 19.5 Å². The van der Waals surface area contributed by atoms with Gasteiger partial charge >= 0.3 is 12.1 Å². The molecule has 0 fully saturated rings. The molecule has 0 saturated heterocycles. The molecule has 0 radical (unpaired) electrons. The first kappa shape index (κ1) is 25.1. The van der Waals surface area contributed by atoms with Crippen molar-refractivity contribution in [3.63, 3.8) is 0 Å². The predicted octanol–water partition coefficient (Wildman–Crippen LogP) is 4.74. The second-order valence-corrected chi connectivity index (χ2v) is 8.13. The van der Waals surface area contributed by atoms with Gasteiger partial charge in [-0.1, -0.05) is 24.3 Å².